The Morgan fingerprint density at radius 2 is 1.88 bits per heavy atom. The summed E-state index contributed by atoms with van der Waals surface area (Å²) in [5.74, 6) is 0.357. The second-order valence-corrected chi connectivity index (χ2v) is 4.07. The van der Waals surface area contributed by atoms with Crippen LogP contribution in [0.1, 0.15) is 32.1 Å². The number of ether oxygens (including phenoxy) is 1. The van der Waals surface area contributed by atoms with Crippen molar-refractivity contribution >= 4 is 0 Å². The van der Waals surface area contributed by atoms with Gasteiger partial charge >= 0.3 is 6.36 Å². The topological polar surface area (TPSA) is 35.2 Å². The quantitative estimate of drug-likeness (QED) is 0.763. The van der Waals surface area contributed by atoms with E-state index in [1.165, 1.54) is 12.5 Å². The monoisotopic (exact) mass is 237 g/mol. The Hall–Kier alpha value is -0.550. The van der Waals surface area contributed by atoms with Gasteiger partial charge in [0.25, 0.3) is 0 Å². The van der Waals surface area contributed by atoms with Gasteiger partial charge in [0.15, 0.2) is 0 Å². The third-order valence-corrected chi connectivity index (χ3v) is 2.96. The zero-order valence-corrected chi connectivity index (χ0v) is 9.22. The molecule has 5 heteroatoms. The molecule has 1 fully saturated rings. The predicted octanol–water partition coefficient (Wildman–Crippen LogP) is 2.99. The van der Waals surface area contributed by atoms with Crippen molar-refractivity contribution in [2.45, 2.75) is 38.5 Å². The Kier molecular flexibility index (Phi) is 5.28. The molecular weight excluding hydrogens is 219 g/mol. The maximum atomic E-state index is 11.8. The Balaban J connectivity index is 2.42. The molecule has 94 valence electrons. The van der Waals surface area contributed by atoms with Crippen LogP contribution in [-0.4, -0.2) is 19.5 Å². The van der Waals surface area contributed by atoms with Crippen molar-refractivity contribution in [3.63, 3.8) is 0 Å². The summed E-state index contributed by atoms with van der Waals surface area (Å²) in [7, 11) is 0. The largest absolute Gasteiger partial charge is 0.522 e. The van der Waals surface area contributed by atoms with Crippen LogP contribution in [0, 0.1) is 5.92 Å². The van der Waals surface area contributed by atoms with Gasteiger partial charge in [-0.2, -0.15) is 0 Å². The summed E-state index contributed by atoms with van der Waals surface area (Å²) in [6.07, 6.45) is 2.51. The average molecular weight is 237 g/mol. The first kappa shape index (κ1) is 13.5. The summed E-state index contributed by atoms with van der Waals surface area (Å²) in [6, 6.07) is 0. The molecule has 16 heavy (non-hydrogen) atoms. The van der Waals surface area contributed by atoms with Gasteiger partial charge in [0, 0.05) is 6.54 Å². The zero-order chi connectivity index (χ0) is 12.0. The Bertz CT molecular complexity index is 232. The molecule has 1 aliphatic carbocycles. The van der Waals surface area contributed by atoms with Gasteiger partial charge in [0.05, 0.1) is 6.61 Å². The molecule has 2 nitrogen and oxygen atoms in total. The summed E-state index contributed by atoms with van der Waals surface area (Å²) < 4.78 is 39.0. The van der Waals surface area contributed by atoms with Crippen LogP contribution in [0.15, 0.2) is 11.6 Å². The first-order valence-corrected chi connectivity index (χ1v) is 5.62. The van der Waals surface area contributed by atoms with Crippen molar-refractivity contribution in [1.29, 1.82) is 0 Å². The molecule has 1 rings (SSSR count). The van der Waals surface area contributed by atoms with Crippen LogP contribution in [0.25, 0.3) is 0 Å². The molecule has 1 aliphatic rings. The molecule has 0 saturated heterocycles. The Morgan fingerprint density at radius 3 is 2.38 bits per heavy atom. The van der Waals surface area contributed by atoms with E-state index in [1.54, 1.807) is 0 Å². The lowest BCUT2D eigenvalue weighted by atomic mass is 9.83. The van der Waals surface area contributed by atoms with Crippen molar-refractivity contribution in [2.75, 3.05) is 13.2 Å². The molecule has 0 aromatic rings. The molecule has 0 atom stereocenters. The number of nitrogens with two attached hydrogens (primary N) is 1. The normalized spacial score (nSPS) is 20.1. The number of halogens is 3. The van der Waals surface area contributed by atoms with Gasteiger partial charge in [-0.15, -0.1) is 13.2 Å². The summed E-state index contributed by atoms with van der Waals surface area (Å²) in [5.41, 5.74) is 6.45. The lowest BCUT2D eigenvalue weighted by Gasteiger charge is -2.23. The van der Waals surface area contributed by atoms with E-state index in [-0.39, 0.29) is 0 Å². The SMILES string of the molecule is NC/C(=C\COC(F)(F)F)C1CCCCC1. The second kappa shape index (κ2) is 6.25. The van der Waals surface area contributed by atoms with Gasteiger partial charge in [-0.05, 0) is 18.8 Å². The maximum Gasteiger partial charge on any atom is 0.522 e. The highest BCUT2D eigenvalue weighted by atomic mass is 19.4. The van der Waals surface area contributed by atoms with E-state index in [0.29, 0.717) is 12.5 Å². The van der Waals surface area contributed by atoms with E-state index in [2.05, 4.69) is 4.74 Å². The van der Waals surface area contributed by atoms with Crippen LogP contribution < -0.4 is 5.73 Å². The molecule has 0 radical (unpaired) electrons. The van der Waals surface area contributed by atoms with Crippen molar-refractivity contribution in [1.82, 2.24) is 0 Å². The number of hydrogen-bond donors (Lipinski definition) is 1. The van der Waals surface area contributed by atoms with Crippen LogP contribution >= 0.6 is 0 Å². The molecule has 0 aromatic carbocycles. The van der Waals surface area contributed by atoms with Crippen molar-refractivity contribution in [3.05, 3.63) is 11.6 Å². The fourth-order valence-electron chi connectivity index (χ4n) is 2.13. The molecule has 0 amide bonds. The molecule has 0 bridgehead atoms. The van der Waals surface area contributed by atoms with Crippen molar-refractivity contribution in [2.24, 2.45) is 11.7 Å². The van der Waals surface area contributed by atoms with Crippen molar-refractivity contribution in [3.8, 4) is 0 Å². The van der Waals surface area contributed by atoms with Gasteiger partial charge in [-0.3, -0.25) is 4.74 Å². The minimum absolute atomic E-state index is 0.325. The molecule has 0 aliphatic heterocycles. The number of hydrogen-bond acceptors (Lipinski definition) is 2. The maximum absolute atomic E-state index is 11.8. The Labute approximate surface area is 93.6 Å². The highest BCUT2D eigenvalue weighted by Gasteiger charge is 2.28. The predicted molar refractivity (Wildman–Crippen MR) is 55.7 cm³/mol. The minimum Gasteiger partial charge on any atom is -0.327 e. The summed E-state index contributed by atoms with van der Waals surface area (Å²) in [6.45, 7) is -0.0988. The standard InChI is InChI=1S/C11H18F3NO/c12-11(13,14)16-7-6-10(8-15)9-4-2-1-3-5-9/h6,9H,1-5,7-8,15H2/b10-6+. The summed E-state index contributed by atoms with van der Waals surface area (Å²) in [4.78, 5) is 0. The highest BCUT2D eigenvalue weighted by Crippen LogP contribution is 2.29. The van der Waals surface area contributed by atoms with Gasteiger partial charge in [0.1, 0.15) is 0 Å². The van der Waals surface area contributed by atoms with Gasteiger partial charge < -0.3 is 5.73 Å². The lowest BCUT2D eigenvalue weighted by Crippen LogP contribution is -2.18. The number of rotatable bonds is 4. The van der Waals surface area contributed by atoms with E-state index < -0.39 is 13.0 Å². The molecule has 0 aromatic heterocycles. The van der Waals surface area contributed by atoms with Crippen LogP contribution in [0.5, 0.6) is 0 Å². The van der Waals surface area contributed by atoms with Crippen LogP contribution in [-0.2, 0) is 4.74 Å². The Morgan fingerprint density at radius 1 is 1.25 bits per heavy atom. The minimum atomic E-state index is -4.55. The zero-order valence-electron chi connectivity index (χ0n) is 9.22. The second-order valence-electron chi connectivity index (χ2n) is 4.07. The molecule has 0 heterocycles. The fourth-order valence-corrected chi connectivity index (χ4v) is 2.13. The van der Waals surface area contributed by atoms with Crippen LogP contribution in [0.4, 0.5) is 13.2 Å². The fraction of sp³-hybridized carbons (Fsp3) is 0.818. The molecular formula is C11H18F3NO. The highest BCUT2D eigenvalue weighted by molar-refractivity contribution is 5.09. The summed E-state index contributed by atoms with van der Waals surface area (Å²) in [5, 5.41) is 0. The van der Waals surface area contributed by atoms with Gasteiger partial charge in [-0.1, -0.05) is 30.9 Å². The first-order chi connectivity index (χ1) is 7.53. The lowest BCUT2D eigenvalue weighted by molar-refractivity contribution is -0.319. The molecule has 2 N–H and O–H groups in total. The van der Waals surface area contributed by atoms with E-state index in [9.17, 15) is 13.2 Å². The molecule has 0 unspecified atom stereocenters. The third-order valence-electron chi connectivity index (χ3n) is 2.96. The molecule has 0 spiro atoms. The number of alkyl halides is 3. The van der Waals surface area contributed by atoms with Crippen LogP contribution in [0.3, 0.4) is 0 Å². The average Bonchev–Trinajstić information content (AvgIpc) is 2.24. The van der Waals surface area contributed by atoms with Crippen molar-refractivity contribution < 1.29 is 17.9 Å². The molecule has 1 saturated carbocycles. The van der Waals surface area contributed by atoms with Gasteiger partial charge in [0.2, 0.25) is 0 Å². The van der Waals surface area contributed by atoms with E-state index >= 15 is 0 Å². The van der Waals surface area contributed by atoms with E-state index in [1.807, 2.05) is 0 Å². The third kappa shape index (κ3) is 4.99. The van der Waals surface area contributed by atoms with Gasteiger partial charge in [-0.25, -0.2) is 0 Å². The van der Waals surface area contributed by atoms with E-state index in [4.69, 9.17) is 5.73 Å². The van der Waals surface area contributed by atoms with E-state index in [0.717, 1.165) is 31.3 Å². The van der Waals surface area contributed by atoms with Crippen LogP contribution in [0.2, 0.25) is 0 Å². The first-order valence-electron chi connectivity index (χ1n) is 5.62. The smallest absolute Gasteiger partial charge is 0.327 e. The summed E-state index contributed by atoms with van der Waals surface area (Å²) >= 11 is 0.